The van der Waals surface area contributed by atoms with Crippen molar-refractivity contribution in [1.82, 2.24) is 0 Å². The molecule has 0 amide bonds. The topological polar surface area (TPSA) is 46.5 Å². The van der Waals surface area contributed by atoms with Gasteiger partial charge in [0.25, 0.3) is 0 Å². The highest BCUT2D eigenvalue weighted by Crippen LogP contribution is 2.48. The lowest BCUT2D eigenvalue weighted by molar-refractivity contribution is -0.127. The standard InChI is InChI=1S/C20H36O3/c1-4-20(22,5-2)12-6-13-23-14-11-16-8-9-17-18(21)10-7-15(3)19(16)17/h15-17,19,22H,4-14H2,1-3H3/t15-,16?,17?,19?/m0/s1. The van der Waals surface area contributed by atoms with Gasteiger partial charge in [-0.3, -0.25) is 4.79 Å². The zero-order valence-electron chi connectivity index (χ0n) is 15.4. The van der Waals surface area contributed by atoms with Crippen LogP contribution in [0.1, 0.15) is 78.6 Å². The number of ether oxygens (including phenoxy) is 1. The van der Waals surface area contributed by atoms with E-state index in [1.165, 1.54) is 6.42 Å². The summed E-state index contributed by atoms with van der Waals surface area (Å²) in [4.78, 5) is 12.1. The Morgan fingerprint density at radius 3 is 2.61 bits per heavy atom. The van der Waals surface area contributed by atoms with E-state index in [1.54, 1.807) is 0 Å². The molecule has 0 aliphatic heterocycles. The molecule has 1 N–H and O–H groups in total. The molecular weight excluding hydrogens is 288 g/mol. The lowest BCUT2D eigenvalue weighted by atomic mass is 9.70. The van der Waals surface area contributed by atoms with Gasteiger partial charge in [-0.15, -0.1) is 0 Å². The maximum absolute atomic E-state index is 12.1. The first-order chi connectivity index (χ1) is 11.0. The van der Waals surface area contributed by atoms with Crippen molar-refractivity contribution in [3.8, 4) is 0 Å². The molecular formula is C20H36O3. The van der Waals surface area contributed by atoms with Gasteiger partial charge in [0.05, 0.1) is 5.60 Å². The predicted octanol–water partition coefficient (Wildman–Crippen LogP) is 4.37. The maximum atomic E-state index is 12.1. The molecule has 3 heteroatoms. The Hall–Kier alpha value is -0.410. The molecule has 4 atom stereocenters. The van der Waals surface area contributed by atoms with Crippen LogP contribution in [0.15, 0.2) is 0 Å². The number of hydrogen-bond acceptors (Lipinski definition) is 3. The molecule has 0 heterocycles. The van der Waals surface area contributed by atoms with E-state index in [-0.39, 0.29) is 0 Å². The van der Waals surface area contributed by atoms with Crippen molar-refractivity contribution < 1.29 is 14.6 Å². The summed E-state index contributed by atoms with van der Waals surface area (Å²) >= 11 is 0. The summed E-state index contributed by atoms with van der Waals surface area (Å²) in [6, 6.07) is 0. The second-order valence-electron chi connectivity index (χ2n) is 7.94. The van der Waals surface area contributed by atoms with Crippen LogP contribution in [0.4, 0.5) is 0 Å². The van der Waals surface area contributed by atoms with Gasteiger partial charge >= 0.3 is 0 Å². The molecule has 23 heavy (non-hydrogen) atoms. The van der Waals surface area contributed by atoms with Crippen molar-refractivity contribution >= 4 is 5.78 Å². The zero-order chi connectivity index (χ0) is 16.9. The molecule has 0 spiro atoms. The number of carbonyl (C=O) groups is 1. The van der Waals surface area contributed by atoms with Crippen LogP contribution in [-0.4, -0.2) is 29.7 Å². The fourth-order valence-electron chi connectivity index (χ4n) is 4.87. The van der Waals surface area contributed by atoms with Crippen molar-refractivity contribution in [2.75, 3.05) is 13.2 Å². The molecule has 0 saturated heterocycles. The third kappa shape index (κ3) is 4.79. The van der Waals surface area contributed by atoms with Crippen LogP contribution in [0.2, 0.25) is 0 Å². The van der Waals surface area contributed by atoms with E-state index in [2.05, 4.69) is 6.92 Å². The lowest BCUT2D eigenvalue weighted by Gasteiger charge is -2.34. The number of aliphatic hydroxyl groups is 1. The average molecular weight is 325 g/mol. The number of rotatable bonds is 9. The van der Waals surface area contributed by atoms with Gasteiger partial charge in [-0.05, 0) is 69.1 Å². The summed E-state index contributed by atoms with van der Waals surface area (Å²) in [5.41, 5.74) is -0.500. The summed E-state index contributed by atoms with van der Waals surface area (Å²) in [5, 5.41) is 10.3. The van der Waals surface area contributed by atoms with Crippen LogP contribution in [0.5, 0.6) is 0 Å². The number of fused-ring (bicyclic) bond motifs is 1. The minimum Gasteiger partial charge on any atom is -0.390 e. The molecule has 2 aliphatic carbocycles. The molecule has 3 nitrogen and oxygen atoms in total. The van der Waals surface area contributed by atoms with E-state index in [9.17, 15) is 9.90 Å². The normalized spacial score (nSPS) is 31.4. The summed E-state index contributed by atoms with van der Waals surface area (Å²) in [6.45, 7) is 7.99. The predicted molar refractivity (Wildman–Crippen MR) is 93.3 cm³/mol. The van der Waals surface area contributed by atoms with Crippen molar-refractivity contribution in [2.45, 2.75) is 84.2 Å². The van der Waals surface area contributed by atoms with E-state index in [4.69, 9.17) is 4.74 Å². The fourth-order valence-corrected chi connectivity index (χ4v) is 4.87. The van der Waals surface area contributed by atoms with E-state index in [0.717, 1.165) is 64.6 Å². The molecule has 0 aromatic rings. The number of carbonyl (C=O) groups excluding carboxylic acids is 1. The first-order valence-corrected chi connectivity index (χ1v) is 9.83. The molecule has 2 rings (SSSR count). The Kier molecular flexibility index (Phi) is 7.09. The minimum atomic E-state index is -0.500. The van der Waals surface area contributed by atoms with Crippen LogP contribution in [0.25, 0.3) is 0 Å². The van der Waals surface area contributed by atoms with Crippen molar-refractivity contribution in [2.24, 2.45) is 23.7 Å². The van der Waals surface area contributed by atoms with Crippen molar-refractivity contribution in [3.63, 3.8) is 0 Å². The third-order valence-corrected chi connectivity index (χ3v) is 6.65. The first kappa shape index (κ1) is 18.9. The monoisotopic (exact) mass is 324 g/mol. The summed E-state index contributed by atoms with van der Waals surface area (Å²) in [6.07, 6.45) is 8.72. The van der Waals surface area contributed by atoms with E-state index in [0.29, 0.717) is 29.5 Å². The molecule has 2 fully saturated rings. The van der Waals surface area contributed by atoms with Gasteiger partial charge in [-0.2, -0.15) is 0 Å². The molecule has 0 aromatic heterocycles. The second-order valence-corrected chi connectivity index (χ2v) is 7.94. The Morgan fingerprint density at radius 2 is 1.91 bits per heavy atom. The molecule has 2 aliphatic rings. The SMILES string of the molecule is CCC(O)(CC)CCCOCCC1CCC2C(=O)CC[C@H](C)C12. The quantitative estimate of drug-likeness (QED) is 0.641. The number of hydrogen-bond donors (Lipinski definition) is 1. The Labute approximate surface area is 142 Å². The highest BCUT2D eigenvalue weighted by Gasteiger charge is 2.44. The average Bonchev–Trinajstić information content (AvgIpc) is 2.99. The molecule has 3 unspecified atom stereocenters. The summed E-state index contributed by atoms with van der Waals surface area (Å²) in [5.74, 6) is 2.88. The number of Topliss-reactive ketones (excluding diaryl/α,β-unsaturated/α-hetero) is 1. The van der Waals surface area contributed by atoms with Crippen LogP contribution in [0, 0.1) is 23.7 Å². The molecule has 0 bridgehead atoms. The minimum absolute atomic E-state index is 0.355. The second kappa shape index (κ2) is 8.62. The van der Waals surface area contributed by atoms with Crippen molar-refractivity contribution in [3.05, 3.63) is 0 Å². The molecule has 0 aromatic carbocycles. The van der Waals surface area contributed by atoms with Gasteiger partial charge in [-0.25, -0.2) is 0 Å². The van der Waals surface area contributed by atoms with Crippen LogP contribution in [0.3, 0.4) is 0 Å². The highest BCUT2D eigenvalue weighted by molar-refractivity contribution is 5.82. The van der Waals surface area contributed by atoms with Gasteiger partial charge in [0.2, 0.25) is 0 Å². The third-order valence-electron chi connectivity index (χ3n) is 6.65. The zero-order valence-corrected chi connectivity index (χ0v) is 15.4. The van der Waals surface area contributed by atoms with Crippen LogP contribution < -0.4 is 0 Å². The van der Waals surface area contributed by atoms with Crippen LogP contribution >= 0.6 is 0 Å². The van der Waals surface area contributed by atoms with Gasteiger partial charge in [-0.1, -0.05) is 20.8 Å². The molecule has 134 valence electrons. The van der Waals surface area contributed by atoms with E-state index < -0.39 is 5.60 Å². The summed E-state index contributed by atoms with van der Waals surface area (Å²) < 4.78 is 5.83. The lowest BCUT2D eigenvalue weighted by Crippen LogP contribution is -2.33. The van der Waals surface area contributed by atoms with E-state index >= 15 is 0 Å². The van der Waals surface area contributed by atoms with Gasteiger partial charge in [0, 0.05) is 25.6 Å². The number of ketones is 1. The fraction of sp³-hybridized carbons (Fsp3) is 0.950. The van der Waals surface area contributed by atoms with Crippen molar-refractivity contribution in [1.29, 1.82) is 0 Å². The van der Waals surface area contributed by atoms with Gasteiger partial charge in [0.15, 0.2) is 0 Å². The van der Waals surface area contributed by atoms with Gasteiger partial charge in [0.1, 0.15) is 5.78 Å². The van der Waals surface area contributed by atoms with Crippen LogP contribution in [-0.2, 0) is 9.53 Å². The first-order valence-electron chi connectivity index (χ1n) is 9.83. The molecule has 0 radical (unpaired) electrons. The Morgan fingerprint density at radius 1 is 1.17 bits per heavy atom. The molecule has 2 saturated carbocycles. The Balaban J connectivity index is 1.64. The van der Waals surface area contributed by atoms with E-state index in [1.807, 2.05) is 13.8 Å². The smallest absolute Gasteiger partial charge is 0.136 e. The maximum Gasteiger partial charge on any atom is 0.136 e. The highest BCUT2D eigenvalue weighted by atomic mass is 16.5. The Bertz CT molecular complexity index is 375. The summed E-state index contributed by atoms with van der Waals surface area (Å²) in [7, 11) is 0. The largest absolute Gasteiger partial charge is 0.390 e. The van der Waals surface area contributed by atoms with Gasteiger partial charge < -0.3 is 9.84 Å².